The number of carbonyl (C=O) groups excluding carboxylic acids is 2. The molecule has 0 aliphatic carbocycles. The quantitative estimate of drug-likeness (QED) is 0.332. The number of carbonyl (C=O) groups is 2. The number of halogens is 1. The van der Waals surface area contributed by atoms with Crippen LogP contribution in [0.2, 0.25) is 5.02 Å². The van der Waals surface area contributed by atoms with E-state index in [1.807, 2.05) is 32.9 Å². The van der Waals surface area contributed by atoms with E-state index in [1.165, 1.54) is 12.0 Å². The number of rotatable bonds is 14. The van der Waals surface area contributed by atoms with Gasteiger partial charge in [-0.3, -0.25) is 9.59 Å². The average Bonchev–Trinajstić information content (AvgIpc) is 2.89. The number of esters is 1. The van der Waals surface area contributed by atoms with E-state index in [4.69, 9.17) is 30.5 Å². The SMILES string of the molecule is CCOC(=O)C[C@@H](O[C@@H](CC)c1cccc(OC)c1OC)C(=O)N(CC(C)(C)CO)c1ccc(Cl)cc1. The van der Waals surface area contributed by atoms with Gasteiger partial charge in [0.05, 0.1) is 33.4 Å². The lowest BCUT2D eigenvalue weighted by Crippen LogP contribution is -2.47. The van der Waals surface area contributed by atoms with Gasteiger partial charge in [-0.05, 0) is 43.7 Å². The summed E-state index contributed by atoms with van der Waals surface area (Å²) in [6.45, 7) is 7.54. The molecular formula is C28H38ClNO7. The minimum absolute atomic E-state index is 0.146. The zero-order chi connectivity index (χ0) is 27.6. The highest BCUT2D eigenvalue weighted by Crippen LogP contribution is 2.38. The fourth-order valence-corrected chi connectivity index (χ4v) is 4.01. The van der Waals surface area contributed by atoms with Crippen LogP contribution in [0, 0.1) is 5.41 Å². The average molecular weight is 536 g/mol. The number of hydrogen-bond acceptors (Lipinski definition) is 7. The van der Waals surface area contributed by atoms with Crippen molar-refractivity contribution in [2.75, 3.05) is 38.9 Å². The van der Waals surface area contributed by atoms with Crippen molar-refractivity contribution in [2.24, 2.45) is 5.41 Å². The van der Waals surface area contributed by atoms with E-state index in [2.05, 4.69) is 0 Å². The highest BCUT2D eigenvalue weighted by molar-refractivity contribution is 6.30. The Morgan fingerprint density at radius 1 is 1.05 bits per heavy atom. The van der Waals surface area contributed by atoms with Crippen LogP contribution < -0.4 is 14.4 Å². The summed E-state index contributed by atoms with van der Waals surface area (Å²) in [6.07, 6.45) is -1.52. The van der Waals surface area contributed by atoms with Gasteiger partial charge in [-0.15, -0.1) is 0 Å². The number of para-hydroxylation sites is 1. The molecule has 0 aliphatic heterocycles. The summed E-state index contributed by atoms with van der Waals surface area (Å²) in [5.74, 6) is 0.0426. The number of nitrogens with zero attached hydrogens (tertiary/aromatic N) is 1. The van der Waals surface area contributed by atoms with Crippen molar-refractivity contribution in [2.45, 2.75) is 52.7 Å². The second-order valence-electron chi connectivity index (χ2n) is 9.34. The van der Waals surface area contributed by atoms with E-state index >= 15 is 0 Å². The second kappa shape index (κ2) is 14.2. The third kappa shape index (κ3) is 8.35. The van der Waals surface area contributed by atoms with Crippen LogP contribution >= 0.6 is 11.6 Å². The lowest BCUT2D eigenvalue weighted by atomic mass is 9.93. The van der Waals surface area contributed by atoms with Crippen molar-refractivity contribution in [1.29, 1.82) is 0 Å². The molecule has 0 saturated heterocycles. The predicted molar refractivity (Wildman–Crippen MR) is 143 cm³/mol. The van der Waals surface area contributed by atoms with Crippen molar-refractivity contribution in [3.8, 4) is 11.5 Å². The van der Waals surface area contributed by atoms with E-state index in [9.17, 15) is 14.7 Å². The van der Waals surface area contributed by atoms with Gasteiger partial charge in [0.15, 0.2) is 11.5 Å². The number of amides is 1. The minimum atomic E-state index is -1.16. The van der Waals surface area contributed by atoms with E-state index in [0.29, 0.717) is 34.2 Å². The fourth-order valence-electron chi connectivity index (χ4n) is 3.89. The Balaban J connectivity index is 2.52. The molecule has 0 aromatic heterocycles. The molecule has 2 aromatic rings. The van der Waals surface area contributed by atoms with Crippen molar-refractivity contribution in [3.63, 3.8) is 0 Å². The molecule has 0 spiro atoms. The van der Waals surface area contributed by atoms with Crippen LogP contribution in [0.15, 0.2) is 42.5 Å². The molecule has 0 bridgehead atoms. The third-order valence-electron chi connectivity index (χ3n) is 5.83. The molecule has 204 valence electrons. The van der Waals surface area contributed by atoms with Crippen LogP contribution in [0.1, 0.15) is 52.2 Å². The first kappa shape index (κ1) is 30.4. The monoisotopic (exact) mass is 535 g/mol. The Kier molecular flexibility index (Phi) is 11.7. The number of benzene rings is 2. The highest BCUT2D eigenvalue weighted by Gasteiger charge is 2.35. The molecule has 9 heteroatoms. The normalized spacial score (nSPS) is 13.0. The van der Waals surface area contributed by atoms with Gasteiger partial charge in [-0.1, -0.05) is 44.5 Å². The number of hydrogen-bond donors (Lipinski definition) is 1. The maximum atomic E-state index is 14.0. The fraction of sp³-hybridized carbons (Fsp3) is 0.500. The van der Waals surface area contributed by atoms with E-state index in [1.54, 1.807) is 44.4 Å². The summed E-state index contributed by atoms with van der Waals surface area (Å²) in [5, 5.41) is 10.4. The summed E-state index contributed by atoms with van der Waals surface area (Å²) >= 11 is 6.08. The summed E-state index contributed by atoms with van der Waals surface area (Å²) < 4.78 is 22.5. The van der Waals surface area contributed by atoms with Gasteiger partial charge in [0.1, 0.15) is 6.10 Å². The van der Waals surface area contributed by atoms with Crippen molar-refractivity contribution in [1.82, 2.24) is 0 Å². The van der Waals surface area contributed by atoms with Crippen LogP contribution in [0.3, 0.4) is 0 Å². The summed E-state index contributed by atoms with van der Waals surface area (Å²) in [5.41, 5.74) is 0.643. The standard InChI is InChI=1S/C28H38ClNO7/c1-7-22(21-10-9-11-23(34-5)26(21)35-6)37-24(16-25(32)36-8-2)27(33)30(17-28(3,4)18-31)20-14-12-19(29)13-15-20/h9-15,22,24,31H,7-8,16-18H2,1-6H3/t22-,24+/m0/s1. The van der Waals surface area contributed by atoms with Gasteiger partial charge < -0.3 is 29.0 Å². The molecule has 0 aliphatic rings. The summed E-state index contributed by atoms with van der Waals surface area (Å²) in [7, 11) is 3.08. The molecule has 1 amide bonds. The summed E-state index contributed by atoms with van der Waals surface area (Å²) in [6, 6.07) is 12.2. The first-order valence-corrected chi connectivity index (χ1v) is 12.7. The summed E-state index contributed by atoms with van der Waals surface area (Å²) in [4.78, 5) is 28.1. The number of ether oxygens (including phenoxy) is 4. The van der Waals surface area contributed by atoms with Crippen molar-refractivity contribution < 1.29 is 33.6 Å². The van der Waals surface area contributed by atoms with E-state index in [0.717, 1.165) is 0 Å². The molecule has 0 fully saturated rings. The maximum absolute atomic E-state index is 14.0. The lowest BCUT2D eigenvalue weighted by Gasteiger charge is -2.34. The number of methoxy groups -OCH3 is 2. The zero-order valence-corrected chi connectivity index (χ0v) is 23.2. The first-order chi connectivity index (χ1) is 17.6. The molecule has 2 atom stereocenters. The van der Waals surface area contributed by atoms with Crippen molar-refractivity contribution >= 4 is 29.2 Å². The third-order valence-corrected chi connectivity index (χ3v) is 6.08. The number of anilines is 1. The minimum Gasteiger partial charge on any atom is -0.493 e. The van der Waals surface area contributed by atoms with Crippen LogP contribution in [0.5, 0.6) is 11.5 Å². The predicted octanol–water partition coefficient (Wildman–Crippen LogP) is 5.20. The lowest BCUT2D eigenvalue weighted by molar-refractivity contribution is -0.153. The molecular weight excluding hydrogens is 498 g/mol. The largest absolute Gasteiger partial charge is 0.493 e. The topological polar surface area (TPSA) is 94.5 Å². The second-order valence-corrected chi connectivity index (χ2v) is 9.77. The van der Waals surface area contributed by atoms with Gasteiger partial charge in [0, 0.05) is 34.8 Å². The Morgan fingerprint density at radius 3 is 2.27 bits per heavy atom. The van der Waals surface area contributed by atoms with Gasteiger partial charge in [-0.2, -0.15) is 0 Å². The van der Waals surface area contributed by atoms with Crippen molar-refractivity contribution in [3.05, 3.63) is 53.1 Å². The highest BCUT2D eigenvalue weighted by atomic mass is 35.5. The van der Waals surface area contributed by atoms with Crippen LogP contribution in [-0.2, 0) is 19.1 Å². The Labute approximate surface area is 224 Å². The van der Waals surface area contributed by atoms with E-state index in [-0.39, 0.29) is 26.2 Å². The van der Waals surface area contributed by atoms with Gasteiger partial charge in [0.2, 0.25) is 0 Å². The first-order valence-electron chi connectivity index (χ1n) is 12.3. The molecule has 2 rings (SSSR count). The van der Waals surface area contributed by atoms with Crippen LogP contribution in [-0.4, -0.2) is 57.1 Å². The molecule has 2 aromatic carbocycles. The molecule has 0 unspecified atom stereocenters. The molecule has 8 nitrogen and oxygen atoms in total. The van der Waals surface area contributed by atoms with Crippen LogP contribution in [0.25, 0.3) is 0 Å². The smallest absolute Gasteiger partial charge is 0.308 e. The number of aliphatic hydroxyl groups is 1. The molecule has 0 radical (unpaired) electrons. The Bertz CT molecular complexity index is 1030. The zero-order valence-electron chi connectivity index (χ0n) is 22.5. The van der Waals surface area contributed by atoms with Gasteiger partial charge >= 0.3 is 5.97 Å². The molecule has 37 heavy (non-hydrogen) atoms. The number of aliphatic hydroxyl groups excluding tert-OH is 1. The van der Waals surface area contributed by atoms with Crippen LogP contribution in [0.4, 0.5) is 5.69 Å². The maximum Gasteiger partial charge on any atom is 0.308 e. The van der Waals surface area contributed by atoms with Gasteiger partial charge in [-0.25, -0.2) is 0 Å². The molecule has 0 saturated carbocycles. The molecule has 0 heterocycles. The molecule has 1 N–H and O–H groups in total. The van der Waals surface area contributed by atoms with E-state index < -0.39 is 29.5 Å². The Hall–Kier alpha value is -2.81. The van der Waals surface area contributed by atoms with Gasteiger partial charge in [0.25, 0.3) is 5.91 Å². The Morgan fingerprint density at radius 2 is 1.73 bits per heavy atom.